The van der Waals surface area contributed by atoms with Gasteiger partial charge in [-0.05, 0) is 65.7 Å². The van der Waals surface area contributed by atoms with Crippen LogP contribution in [0.2, 0.25) is 0 Å². The molecule has 1 saturated heterocycles. The third kappa shape index (κ3) is 20.2. The van der Waals surface area contributed by atoms with Gasteiger partial charge in [0.25, 0.3) is 0 Å². The third-order valence-electron chi connectivity index (χ3n) is 8.30. The zero-order valence-corrected chi connectivity index (χ0v) is 29.0. The topological polar surface area (TPSA) is 102 Å². The number of amides is 1. The Bertz CT molecular complexity index is 750. The van der Waals surface area contributed by atoms with Gasteiger partial charge in [0.05, 0.1) is 12.7 Å². The van der Waals surface area contributed by atoms with Crippen molar-refractivity contribution >= 4 is 18.0 Å². The molecule has 1 aliphatic heterocycles. The summed E-state index contributed by atoms with van der Waals surface area (Å²) in [6.07, 6.45) is 21.2. The molecule has 0 saturated carbocycles. The lowest BCUT2D eigenvalue weighted by Crippen LogP contribution is -2.53. The van der Waals surface area contributed by atoms with Gasteiger partial charge in [-0.15, -0.1) is 0 Å². The molecular weight excluding hydrogens is 558 g/mol. The monoisotopic (exact) mass is 625 g/mol. The minimum absolute atomic E-state index is 0.0612. The van der Waals surface area contributed by atoms with Crippen molar-refractivity contribution in [2.24, 2.45) is 0 Å². The Hall–Kier alpha value is -1.83. The molecule has 1 rings (SSSR count). The Morgan fingerprint density at radius 3 is 1.86 bits per heavy atom. The van der Waals surface area contributed by atoms with Crippen LogP contribution in [0.5, 0.6) is 0 Å². The van der Waals surface area contributed by atoms with Gasteiger partial charge in [0.1, 0.15) is 17.7 Å². The Balaban J connectivity index is 2.28. The number of aliphatic hydroxyl groups excluding tert-OH is 1. The van der Waals surface area contributed by atoms with E-state index in [1.807, 2.05) is 0 Å². The van der Waals surface area contributed by atoms with Gasteiger partial charge in [0.2, 0.25) is 0 Å². The van der Waals surface area contributed by atoms with E-state index < -0.39 is 29.8 Å². The lowest BCUT2D eigenvalue weighted by molar-refractivity contribution is -0.153. The van der Waals surface area contributed by atoms with Crippen LogP contribution in [0.25, 0.3) is 0 Å². The van der Waals surface area contributed by atoms with Crippen molar-refractivity contribution in [3.8, 4) is 0 Å². The maximum absolute atomic E-state index is 12.7. The van der Waals surface area contributed by atoms with Crippen LogP contribution in [-0.4, -0.2) is 65.0 Å². The summed E-state index contributed by atoms with van der Waals surface area (Å²) >= 11 is 0. The second-order valence-corrected chi connectivity index (χ2v) is 13.8. The average Bonchev–Trinajstić information content (AvgIpc) is 2.96. The average molecular weight is 626 g/mol. The number of hydrogen-bond donors (Lipinski definition) is 1. The molecule has 1 heterocycles. The SMILES string of the molecule is CCCCCCCCC(CCCCCCCC)OC(=O)CCCCCCCOC(=O)[C@@H]1C[C@H](O)CCN1C(=O)OC(C)(C)C. The summed E-state index contributed by atoms with van der Waals surface area (Å²) in [5.41, 5.74) is -0.666. The number of carbonyl (C=O) groups excluding carboxylic acids is 3. The Morgan fingerprint density at radius 2 is 1.30 bits per heavy atom. The van der Waals surface area contributed by atoms with Crippen LogP contribution in [0.1, 0.15) is 176 Å². The van der Waals surface area contributed by atoms with Gasteiger partial charge in [-0.1, -0.05) is 97.3 Å². The summed E-state index contributed by atoms with van der Waals surface area (Å²) in [7, 11) is 0. The van der Waals surface area contributed by atoms with Crippen molar-refractivity contribution in [1.29, 1.82) is 0 Å². The number of piperidine rings is 1. The number of esters is 2. The van der Waals surface area contributed by atoms with Crippen molar-refractivity contribution in [3.63, 3.8) is 0 Å². The number of likely N-dealkylation sites (tertiary alicyclic amines) is 1. The molecule has 8 heteroatoms. The molecule has 0 aromatic rings. The predicted molar refractivity (Wildman–Crippen MR) is 176 cm³/mol. The highest BCUT2D eigenvalue weighted by Gasteiger charge is 2.38. The molecule has 258 valence electrons. The molecule has 0 aromatic heterocycles. The molecule has 0 aliphatic carbocycles. The van der Waals surface area contributed by atoms with Gasteiger partial charge in [-0.2, -0.15) is 0 Å². The molecule has 0 aromatic carbocycles. The van der Waals surface area contributed by atoms with Crippen molar-refractivity contribution in [3.05, 3.63) is 0 Å². The molecule has 2 atom stereocenters. The number of carbonyl (C=O) groups is 3. The maximum atomic E-state index is 12.7. The first kappa shape index (κ1) is 40.2. The summed E-state index contributed by atoms with van der Waals surface area (Å²) < 4.78 is 16.9. The van der Waals surface area contributed by atoms with Crippen LogP contribution < -0.4 is 0 Å². The smallest absolute Gasteiger partial charge is 0.411 e. The van der Waals surface area contributed by atoms with E-state index in [2.05, 4.69) is 13.8 Å². The summed E-state index contributed by atoms with van der Waals surface area (Å²) in [4.78, 5) is 39.3. The van der Waals surface area contributed by atoms with Crippen LogP contribution in [0.4, 0.5) is 4.79 Å². The Morgan fingerprint density at radius 1 is 0.773 bits per heavy atom. The standard InChI is InChI=1S/C36H67NO7/c1-6-8-10-12-15-19-23-31(24-20-16-13-11-9-7-2)43-33(39)25-21-17-14-18-22-28-42-34(40)32-29-30(38)26-27-37(32)35(41)44-36(3,4)5/h30-32,38H,6-29H2,1-5H3/t30-,32+/m1/s1. The molecule has 1 aliphatic rings. The highest BCUT2D eigenvalue weighted by molar-refractivity contribution is 5.82. The maximum Gasteiger partial charge on any atom is 0.411 e. The number of hydrogen-bond acceptors (Lipinski definition) is 7. The predicted octanol–water partition coefficient (Wildman–Crippen LogP) is 9.04. The molecular formula is C36H67NO7. The molecule has 44 heavy (non-hydrogen) atoms. The molecule has 0 spiro atoms. The van der Waals surface area contributed by atoms with Gasteiger partial charge in [-0.3, -0.25) is 9.69 Å². The number of unbranched alkanes of at least 4 members (excludes halogenated alkanes) is 14. The summed E-state index contributed by atoms with van der Waals surface area (Å²) in [6, 6.07) is -0.828. The fourth-order valence-corrected chi connectivity index (χ4v) is 5.69. The normalized spacial score (nSPS) is 17.1. The fraction of sp³-hybridized carbons (Fsp3) is 0.917. The Kier molecular flexibility index (Phi) is 22.3. The molecule has 0 bridgehead atoms. The van der Waals surface area contributed by atoms with Crippen molar-refractivity contribution in [1.82, 2.24) is 4.90 Å². The molecule has 1 N–H and O–H groups in total. The first-order valence-electron chi connectivity index (χ1n) is 18.1. The van der Waals surface area contributed by atoms with Gasteiger partial charge in [0, 0.05) is 19.4 Å². The highest BCUT2D eigenvalue weighted by Crippen LogP contribution is 2.22. The summed E-state index contributed by atoms with van der Waals surface area (Å²) in [5.74, 6) is -0.557. The van der Waals surface area contributed by atoms with E-state index in [0.717, 1.165) is 57.8 Å². The fourth-order valence-electron chi connectivity index (χ4n) is 5.69. The van der Waals surface area contributed by atoms with Gasteiger partial charge in [0.15, 0.2) is 0 Å². The van der Waals surface area contributed by atoms with E-state index in [1.165, 1.54) is 69.1 Å². The molecule has 1 fully saturated rings. The quantitative estimate of drug-likeness (QED) is 0.0648. The Labute approximate surface area is 269 Å². The number of ether oxygens (including phenoxy) is 3. The van der Waals surface area contributed by atoms with E-state index in [9.17, 15) is 19.5 Å². The van der Waals surface area contributed by atoms with Gasteiger partial charge in [-0.25, -0.2) is 9.59 Å². The molecule has 0 radical (unpaired) electrons. The largest absolute Gasteiger partial charge is 0.464 e. The zero-order chi connectivity index (χ0) is 32.6. The van der Waals surface area contributed by atoms with Crippen LogP contribution >= 0.6 is 0 Å². The second-order valence-electron chi connectivity index (χ2n) is 13.8. The van der Waals surface area contributed by atoms with Crippen molar-refractivity contribution in [2.75, 3.05) is 13.2 Å². The van der Waals surface area contributed by atoms with Crippen LogP contribution in [0, 0.1) is 0 Å². The van der Waals surface area contributed by atoms with Gasteiger partial charge < -0.3 is 19.3 Å². The molecule has 8 nitrogen and oxygen atoms in total. The van der Waals surface area contributed by atoms with Crippen LogP contribution in [-0.2, 0) is 23.8 Å². The number of nitrogens with zero attached hydrogens (tertiary/aromatic N) is 1. The second kappa shape index (κ2) is 24.4. The van der Waals surface area contributed by atoms with E-state index >= 15 is 0 Å². The zero-order valence-electron chi connectivity index (χ0n) is 29.0. The molecule has 1 amide bonds. The van der Waals surface area contributed by atoms with E-state index in [4.69, 9.17) is 14.2 Å². The lowest BCUT2D eigenvalue weighted by atomic mass is 10.00. The van der Waals surface area contributed by atoms with Crippen LogP contribution in [0.3, 0.4) is 0 Å². The summed E-state index contributed by atoms with van der Waals surface area (Å²) in [6.45, 7) is 10.4. The first-order valence-corrected chi connectivity index (χ1v) is 18.1. The third-order valence-corrected chi connectivity index (χ3v) is 8.30. The van der Waals surface area contributed by atoms with Crippen LogP contribution in [0.15, 0.2) is 0 Å². The number of aliphatic hydroxyl groups is 1. The van der Waals surface area contributed by atoms with E-state index in [-0.39, 0.29) is 31.6 Å². The number of rotatable bonds is 24. The van der Waals surface area contributed by atoms with Crippen molar-refractivity contribution in [2.45, 2.75) is 200 Å². The molecule has 0 unspecified atom stereocenters. The summed E-state index contributed by atoms with van der Waals surface area (Å²) in [5, 5.41) is 10.1. The van der Waals surface area contributed by atoms with Crippen molar-refractivity contribution < 1.29 is 33.7 Å². The van der Waals surface area contributed by atoms with Gasteiger partial charge >= 0.3 is 18.0 Å². The minimum atomic E-state index is -0.828. The first-order chi connectivity index (χ1) is 21.1. The highest BCUT2D eigenvalue weighted by atomic mass is 16.6. The lowest BCUT2D eigenvalue weighted by Gasteiger charge is -2.37. The minimum Gasteiger partial charge on any atom is -0.464 e. The van der Waals surface area contributed by atoms with E-state index in [1.54, 1.807) is 20.8 Å². The van der Waals surface area contributed by atoms with E-state index in [0.29, 0.717) is 12.8 Å².